The smallest absolute Gasteiger partial charge is 0.246 e. The highest BCUT2D eigenvalue weighted by Crippen LogP contribution is 2.40. The number of hydrogen-bond donors (Lipinski definition) is 1. The lowest BCUT2D eigenvalue weighted by atomic mass is 9.84. The van der Waals surface area contributed by atoms with Crippen molar-refractivity contribution < 1.29 is 18.7 Å². The van der Waals surface area contributed by atoms with Crippen molar-refractivity contribution in [3.63, 3.8) is 0 Å². The average Bonchev–Trinajstić information content (AvgIpc) is 2.93. The molecule has 2 fully saturated rings. The number of nitrogens with one attached hydrogen (secondary N) is 1. The SMILES string of the molecule is C[C@@H]1CC2(COCC(=O)N2)C2Cc3cccc(c3F)-c3ccccc3OCCN21. The number of nitrogens with zero attached hydrogens (tertiary/aromatic N) is 1. The molecule has 5 nitrogen and oxygen atoms in total. The number of hydrogen-bond acceptors (Lipinski definition) is 4. The normalized spacial score (nSPS) is 29.4. The predicted molar refractivity (Wildman–Crippen MR) is 107 cm³/mol. The summed E-state index contributed by atoms with van der Waals surface area (Å²) in [6.07, 6.45) is 1.29. The molecule has 3 aliphatic rings. The van der Waals surface area contributed by atoms with E-state index in [1.165, 1.54) is 0 Å². The van der Waals surface area contributed by atoms with E-state index in [4.69, 9.17) is 9.47 Å². The molecule has 2 aromatic carbocycles. The van der Waals surface area contributed by atoms with Crippen LogP contribution < -0.4 is 10.1 Å². The Bertz CT molecular complexity index is 949. The number of halogens is 1. The first-order chi connectivity index (χ1) is 14.1. The number of amides is 1. The molecule has 0 radical (unpaired) electrons. The van der Waals surface area contributed by atoms with E-state index in [2.05, 4.69) is 17.1 Å². The van der Waals surface area contributed by atoms with Crippen LogP contribution in [-0.2, 0) is 16.0 Å². The lowest BCUT2D eigenvalue weighted by Crippen LogP contribution is -2.64. The molecule has 2 unspecified atom stereocenters. The van der Waals surface area contributed by atoms with Crippen molar-refractivity contribution in [1.82, 2.24) is 10.2 Å². The number of fused-ring (bicyclic) bond motifs is 6. The second-order valence-electron chi connectivity index (χ2n) is 8.33. The Balaban J connectivity index is 1.61. The second-order valence-corrected chi connectivity index (χ2v) is 8.33. The second kappa shape index (κ2) is 7.11. The molecule has 3 heterocycles. The number of morpholine rings is 1. The van der Waals surface area contributed by atoms with Gasteiger partial charge in [0.15, 0.2) is 0 Å². The molecule has 0 saturated carbocycles. The third-order valence-corrected chi connectivity index (χ3v) is 6.52. The maximum Gasteiger partial charge on any atom is 0.246 e. The third kappa shape index (κ3) is 3.11. The first-order valence-electron chi connectivity index (χ1n) is 10.2. The quantitative estimate of drug-likeness (QED) is 0.744. The summed E-state index contributed by atoms with van der Waals surface area (Å²) < 4.78 is 27.4. The van der Waals surface area contributed by atoms with Crippen molar-refractivity contribution in [2.24, 2.45) is 0 Å². The Morgan fingerprint density at radius 2 is 2.00 bits per heavy atom. The Labute approximate surface area is 169 Å². The molecule has 2 saturated heterocycles. The summed E-state index contributed by atoms with van der Waals surface area (Å²) in [5, 5.41) is 3.20. The van der Waals surface area contributed by atoms with Crippen LogP contribution in [0.3, 0.4) is 0 Å². The third-order valence-electron chi connectivity index (χ3n) is 6.52. The minimum atomic E-state index is -0.502. The fourth-order valence-electron chi connectivity index (χ4n) is 5.29. The van der Waals surface area contributed by atoms with Crippen molar-refractivity contribution in [3.8, 4) is 16.9 Å². The fraction of sp³-hybridized carbons (Fsp3) is 0.435. The van der Waals surface area contributed by atoms with Crippen LogP contribution in [0.5, 0.6) is 5.75 Å². The van der Waals surface area contributed by atoms with Crippen molar-refractivity contribution in [2.45, 2.75) is 37.4 Å². The summed E-state index contributed by atoms with van der Waals surface area (Å²) in [6, 6.07) is 13.3. The summed E-state index contributed by atoms with van der Waals surface area (Å²) >= 11 is 0. The van der Waals surface area contributed by atoms with Gasteiger partial charge in [0.25, 0.3) is 0 Å². The Morgan fingerprint density at radius 1 is 1.17 bits per heavy atom. The molecule has 0 aromatic heterocycles. The molecule has 0 aliphatic carbocycles. The van der Waals surface area contributed by atoms with Gasteiger partial charge in [0.1, 0.15) is 24.8 Å². The lowest BCUT2D eigenvalue weighted by Gasteiger charge is -2.41. The molecule has 152 valence electrons. The highest BCUT2D eigenvalue weighted by Gasteiger charge is 2.53. The van der Waals surface area contributed by atoms with Gasteiger partial charge in [-0.25, -0.2) is 4.39 Å². The molecule has 5 rings (SSSR count). The largest absolute Gasteiger partial charge is 0.492 e. The fourth-order valence-corrected chi connectivity index (χ4v) is 5.29. The molecular formula is C23H25FN2O3. The summed E-state index contributed by atoms with van der Waals surface area (Å²) in [5.74, 6) is 0.374. The van der Waals surface area contributed by atoms with E-state index in [-0.39, 0.29) is 30.4 Å². The van der Waals surface area contributed by atoms with Crippen LogP contribution in [0.25, 0.3) is 11.1 Å². The first kappa shape index (κ1) is 18.6. The Hall–Kier alpha value is -2.44. The van der Waals surface area contributed by atoms with Gasteiger partial charge in [0.2, 0.25) is 5.91 Å². The highest BCUT2D eigenvalue weighted by atomic mass is 19.1. The van der Waals surface area contributed by atoms with Crippen LogP contribution >= 0.6 is 0 Å². The maximum absolute atomic E-state index is 15.6. The molecule has 6 heteroatoms. The number of para-hydroxylation sites is 1. The van der Waals surface area contributed by atoms with Gasteiger partial charge in [-0.3, -0.25) is 9.69 Å². The van der Waals surface area contributed by atoms with Crippen LogP contribution in [0.2, 0.25) is 0 Å². The number of carbonyl (C=O) groups excluding carboxylic acids is 1. The van der Waals surface area contributed by atoms with Crippen LogP contribution in [-0.4, -0.2) is 54.8 Å². The molecule has 29 heavy (non-hydrogen) atoms. The monoisotopic (exact) mass is 396 g/mol. The number of benzene rings is 2. The molecular weight excluding hydrogens is 371 g/mol. The van der Waals surface area contributed by atoms with E-state index in [1.54, 1.807) is 6.07 Å². The van der Waals surface area contributed by atoms with Gasteiger partial charge in [0, 0.05) is 29.8 Å². The lowest BCUT2D eigenvalue weighted by molar-refractivity contribution is -0.136. The van der Waals surface area contributed by atoms with Crippen molar-refractivity contribution in [2.75, 3.05) is 26.4 Å². The van der Waals surface area contributed by atoms with E-state index in [0.29, 0.717) is 43.1 Å². The van der Waals surface area contributed by atoms with Crippen molar-refractivity contribution >= 4 is 5.91 Å². The molecule has 1 spiro atoms. The summed E-state index contributed by atoms with van der Waals surface area (Å²) in [6.45, 7) is 3.90. The minimum Gasteiger partial charge on any atom is -0.492 e. The zero-order valence-corrected chi connectivity index (χ0v) is 16.5. The predicted octanol–water partition coefficient (Wildman–Crippen LogP) is 2.78. The van der Waals surface area contributed by atoms with Gasteiger partial charge in [-0.15, -0.1) is 0 Å². The average molecular weight is 396 g/mol. The summed E-state index contributed by atoms with van der Waals surface area (Å²) in [7, 11) is 0. The van der Waals surface area contributed by atoms with Gasteiger partial charge < -0.3 is 14.8 Å². The number of carbonyl (C=O) groups is 1. The highest BCUT2D eigenvalue weighted by molar-refractivity contribution is 5.79. The van der Waals surface area contributed by atoms with Crippen molar-refractivity contribution in [3.05, 3.63) is 53.8 Å². The van der Waals surface area contributed by atoms with E-state index in [1.807, 2.05) is 36.4 Å². The van der Waals surface area contributed by atoms with Gasteiger partial charge >= 0.3 is 0 Å². The molecule has 3 aliphatic heterocycles. The zero-order valence-electron chi connectivity index (χ0n) is 16.5. The summed E-state index contributed by atoms with van der Waals surface area (Å²) in [5.41, 5.74) is 1.47. The van der Waals surface area contributed by atoms with Crippen LogP contribution in [0, 0.1) is 5.82 Å². The number of ether oxygens (including phenoxy) is 2. The van der Waals surface area contributed by atoms with Crippen LogP contribution in [0.1, 0.15) is 18.9 Å². The van der Waals surface area contributed by atoms with E-state index in [0.717, 1.165) is 12.0 Å². The Morgan fingerprint density at radius 3 is 2.86 bits per heavy atom. The van der Waals surface area contributed by atoms with Gasteiger partial charge in [-0.1, -0.05) is 36.4 Å². The maximum atomic E-state index is 15.6. The van der Waals surface area contributed by atoms with Gasteiger partial charge in [-0.2, -0.15) is 0 Å². The zero-order chi connectivity index (χ0) is 20.0. The van der Waals surface area contributed by atoms with Crippen LogP contribution in [0.4, 0.5) is 4.39 Å². The van der Waals surface area contributed by atoms with E-state index < -0.39 is 5.54 Å². The standard InChI is InChI=1S/C23H25FN2O3/c1-15-12-23(14-28-13-21(27)25-23)20-11-16-5-4-7-18(22(16)24)17-6-2-3-8-19(17)29-10-9-26(15)20/h2-8,15,20H,9-14H2,1H3,(H,25,27)/t15-,20?,23?/m1/s1. The molecule has 1 amide bonds. The molecule has 2 bridgehead atoms. The van der Waals surface area contributed by atoms with E-state index >= 15 is 4.39 Å². The minimum absolute atomic E-state index is 0.0590. The Kier molecular flexibility index (Phi) is 4.56. The van der Waals surface area contributed by atoms with Gasteiger partial charge in [0.05, 0.1) is 12.1 Å². The molecule has 3 atom stereocenters. The van der Waals surface area contributed by atoms with Crippen LogP contribution in [0.15, 0.2) is 42.5 Å². The topological polar surface area (TPSA) is 50.8 Å². The number of rotatable bonds is 0. The summed E-state index contributed by atoms with van der Waals surface area (Å²) in [4.78, 5) is 14.5. The van der Waals surface area contributed by atoms with E-state index in [9.17, 15) is 4.79 Å². The van der Waals surface area contributed by atoms with Gasteiger partial charge in [-0.05, 0) is 31.4 Å². The van der Waals surface area contributed by atoms with Crippen molar-refractivity contribution in [1.29, 1.82) is 0 Å². The molecule has 2 aromatic rings. The molecule has 1 N–H and O–H groups in total. The first-order valence-corrected chi connectivity index (χ1v) is 10.2.